The van der Waals surface area contributed by atoms with Crippen LogP contribution in [-0.2, 0) is 24.0 Å². The number of anilines is 1. The topological polar surface area (TPSA) is 99.6 Å². The maximum absolute atomic E-state index is 13.9. The lowest BCUT2D eigenvalue weighted by atomic mass is 10.0. The van der Waals surface area contributed by atoms with E-state index in [0.29, 0.717) is 37.1 Å². The van der Waals surface area contributed by atoms with Gasteiger partial charge < -0.3 is 20.6 Å². The molecule has 8 nitrogen and oxygen atoms in total. The lowest BCUT2D eigenvalue weighted by Gasteiger charge is -2.27. The molecular weight excluding hydrogens is 446 g/mol. The van der Waals surface area contributed by atoms with Crippen molar-refractivity contribution in [1.29, 1.82) is 0 Å². The number of rotatable bonds is 7. The smallest absolute Gasteiger partial charge is 0.394 e. The first-order valence-corrected chi connectivity index (χ1v) is 10.4. The molecule has 33 heavy (non-hydrogen) atoms. The van der Waals surface area contributed by atoms with Gasteiger partial charge in [-0.2, -0.15) is 13.2 Å². The number of aliphatic hydroxyl groups is 1. The van der Waals surface area contributed by atoms with Crippen LogP contribution < -0.4 is 10.6 Å². The van der Waals surface area contributed by atoms with Crippen molar-refractivity contribution in [3.63, 3.8) is 0 Å². The van der Waals surface area contributed by atoms with Crippen LogP contribution >= 0.6 is 0 Å². The SMILES string of the molecule is CCC(NC(=O)ON1CCc2cnc(NC(C)CO)nc2C1)c1ccc(C(F)(F)F)c(F)c1. The molecule has 0 aliphatic carbocycles. The fourth-order valence-electron chi connectivity index (χ4n) is 3.38. The number of benzene rings is 1. The highest BCUT2D eigenvalue weighted by atomic mass is 19.4. The molecule has 2 aromatic rings. The number of hydroxylamine groups is 2. The summed E-state index contributed by atoms with van der Waals surface area (Å²) in [6, 6.07) is 1.60. The summed E-state index contributed by atoms with van der Waals surface area (Å²) in [5.41, 5.74) is 0.406. The Kier molecular flexibility index (Phi) is 7.69. The van der Waals surface area contributed by atoms with Gasteiger partial charge in [-0.1, -0.05) is 13.0 Å². The second-order valence-corrected chi connectivity index (χ2v) is 7.73. The lowest BCUT2D eigenvalue weighted by Crippen LogP contribution is -2.39. The third kappa shape index (κ3) is 6.29. The molecule has 2 atom stereocenters. The number of halogens is 4. The van der Waals surface area contributed by atoms with Crippen molar-refractivity contribution in [2.24, 2.45) is 0 Å². The zero-order valence-electron chi connectivity index (χ0n) is 18.1. The van der Waals surface area contributed by atoms with Crippen LogP contribution in [0.2, 0.25) is 0 Å². The Bertz CT molecular complexity index is 989. The van der Waals surface area contributed by atoms with Crippen LogP contribution in [0.15, 0.2) is 24.4 Å². The van der Waals surface area contributed by atoms with Crippen LogP contribution in [-0.4, -0.2) is 45.4 Å². The van der Waals surface area contributed by atoms with Crippen molar-refractivity contribution in [1.82, 2.24) is 20.3 Å². The standard InChI is InChI=1S/C21H25F4N5O3/c1-3-17(13-4-5-15(16(22)8-13)21(23,24)25)29-20(32)33-30-7-6-14-9-26-19(27-12(2)11-31)28-18(14)10-30/h4-5,8-9,12,17,31H,3,6-7,10-11H2,1-2H3,(H,29,32)(H,26,27,28). The first kappa shape index (κ1) is 24.6. The third-order valence-corrected chi connectivity index (χ3v) is 5.17. The average molecular weight is 471 g/mol. The number of hydrogen-bond acceptors (Lipinski definition) is 7. The van der Waals surface area contributed by atoms with Gasteiger partial charge in [-0.05, 0) is 43.0 Å². The largest absolute Gasteiger partial charge is 0.426 e. The minimum Gasteiger partial charge on any atom is -0.394 e. The van der Waals surface area contributed by atoms with Crippen molar-refractivity contribution in [2.75, 3.05) is 18.5 Å². The minimum atomic E-state index is -4.80. The summed E-state index contributed by atoms with van der Waals surface area (Å²) in [6.45, 7) is 4.00. The number of aliphatic hydroxyl groups excluding tert-OH is 1. The highest BCUT2D eigenvalue weighted by molar-refractivity contribution is 5.67. The van der Waals surface area contributed by atoms with E-state index in [4.69, 9.17) is 9.94 Å². The van der Waals surface area contributed by atoms with Crippen molar-refractivity contribution in [3.8, 4) is 0 Å². The molecule has 1 aromatic carbocycles. The number of amides is 1. The number of nitrogens with zero attached hydrogens (tertiary/aromatic N) is 3. The number of carbonyl (C=O) groups is 1. The van der Waals surface area contributed by atoms with E-state index in [1.807, 2.05) is 0 Å². The van der Waals surface area contributed by atoms with Gasteiger partial charge in [-0.25, -0.2) is 19.2 Å². The average Bonchev–Trinajstić information content (AvgIpc) is 2.76. The minimum absolute atomic E-state index is 0.0860. The lowest BCUT2D eigenvalue weighted by molar-refractivity contribution is -0.140. The van der Waals surface area contributed by atoms with E-state index >= 15 is 0 Å². The van der Waals surface area contributed by atoms with Crippen molar-refractivity contribution in [3.05, 3.63) is 52.6 Å². The molecule has 0 bridgehead atoms. The van der Waals surface area contributed by atoms with Crippen LogP contribution in [0.5, 0.6) is 0 Å². The van der Waals surface area contributed by atoms with E-state index in [1.165, 1.54) is 5.06 Å². The van der Waals surface area contributed by atoms with Gasteiger partial charge in [0, 0.05) is 18.8 Å². The van der Waals surface area contributed by atoms with E-state index in [2.05, 4.69) is 20.6 Å². The summed E-state index contributed by atoms with van der Waals surface area (Å²) in [4.78, 5) is 26.4. The number of fused-ring (bicyclic) bond motifs is 1. The van der Waals surface area contributed by atoms with Crippen molar-refractivity contribution < 1.29 is 32.3 Å². The number of hydrogen-bond donors (Lipinski definition) is 3. The summed E-state index contributed by atoms with van der Waals surface area (Å²) < 4.78 is 52.3. The van der Waals surface area contributed by atoms with E-state index in [-0.39, 0.29) is 24.8 Å². The predicted molar refractivity (Wildman–Crippen MR) is 110 cm³/mol. The molecule has 0 fully saturated rings. The highest BCUT2D eigenvalue weighted by Gasteiger charge is 2.34. The van der Waals surface area contributed by atoms with Crippen LogP contribution in [0, 0.1) is 5.82 Å². The van der Waals surface area contributed by atoms with Gasteiger partial charge in [0.2, 0.25) is 5.95 Å². The Labute approximate surface area is 187 Å². The highest BCUT2D eigenvalue weighted by Crippen LogP contribution is 2.32. The number of nitrogens with one attached hydrogen (secondary N) is 2. The molecule has 1 aliphatic rings. The summed E-state index contributed by atoms with van der Waals surface area (Å²) >= 11 is 0. The molecular formula is C21H25F4N5O3. The van der Waals surface area contributed by atoms with Crippen molar-refractivity contribution >= 4 is 12.0 Å². The molecule has 0 saturated carbocycles. The van der Waals surface area contributed by atoms with Gasteiger partial charge in [-0.15, -0.1) is 5.06 Å². The van der Waals surface area contributed by atoms with Gasteiger partial charge in [-0.3, -0.25) is 0 Å². The zero-order chi connectivity index (χ0) is 24.2. The van der Waals surface area contributed by atoms with Crippen molar-refractivity contribution in [2.45, 2.75) is 51.5 Å². The van der Waals surface area contributed by atoms with Crippen LogP contribution in [0.4, 0.5) is 28.3 Å². The van der Waals surface area contributed by atoms with Gasteiger partial charge in [0.25, 0.3) is 0 Å². The predicted octanol–water partition coefficient (Wildman–Crippen LogP) is 3.58. The molecule has 1 amide bonds. The molecule has 12 heteroatoms. The normalized spacial score (nSPS) is 16.0. The zero-order valence-corrected chi connectivity index (χ0v) is 18.1. The summed E-state index contributed by atoms with van der Waals surface area (Å²) in [5, 5.41) is 16.1. The maximum Gasteiger partial charge on any atom is 0.426 e. The van der Waals surface area contributed by atoms with Crippen LogP contribution in [0.3, 0.4) is 0 Å². The van der Waals surface area contributed by atoms with Gasteiger partial charge >= 0.3 is 12.3 Å². The molecule has 0 radical (unpaired) electrons. The molecule has 3 rings (SSSR count). The molecule has 1 aromatic heterocycles. The fourth-order valence-corrected chi connectivity index (χ4v) is 3.38. The van der Waals surface area contributed by atoms with E-state index in [1.54, 1.807) is 20.0 Å². The third-order valence-electron chi connectivity index (χ3n) is 5.17. The first-order valence-electron chi connectivity index (χ1n) is 10.4. The molecule has 180 valence electrons. The Morgan fingerprint density at radius 2 is 2.12 bits per heavy atom. The molecule has 0 saturated heterocycles. The van der Waals surface area contributed by atoms with E-state index in [9.17, 15) is 22.4 Å². The fraction of sp³-hybridized carbons (Fsp3) is 0.476. The van der Waals surface area contributed by atoms with Gasteiger partial charge in [0.1, 0.15) is 5.82 Å². The number of alkyl halides is 3. The Hall–Kier alpha value is -2.99. The quantitative estimate of drug-likeness (QED) is 0.531. The second kappa shape index (κ2) is 10.3. The van der Waals surface area contributed by atoms with E-state index in [0.717, 1.165) is 17.7 Å². The van der Waals surface area contributed by atoms with Gasteiger partial charge in [0.15, 0.2) is 0 Å². The summed E-state index contributed by atoms with van der Waals surface area (Å²) in [5.74, 6) is -1.06. The molecule has 3 N–H and O–H groups in total. The van der Waals surface area contributed by atoms with Crippen LogP contribution in [0.25, 0.3) is 0 Å². The number of aromatic nitrogens is 2. The first-order chi connectivity index (χ1) is 15.6. The van der Waals surface area contributed by atoms with Gasteiger partial charge in [0.05, 0.1) is 30.5 Å². The summed E-state index contributed by atoms with van der Waals surface area (Å²) in [7, 11) is 0. The summed E-state index contributed by atoms with van der Waals surface area (Å²) in [6.07, 6.45) is -3.07. The Morgan fingerprint density at radius 1 is 1.36 bits per heavy atom. The Morgan fingerprint density at radius 3 is 2.76 bits per heavy atom. The monoisotopic (exact) mass is 471 g/mol. The van der Waals surface area contributed by atoms with E-state index < -0.39 is 29.7 Å². The molecule has 0 spiro atoms. The Balaban J connectivity index is 1.62. The number of carbonyl (C=O) groups excluding carboxylic acids is 1. The molecule has 2 heterocycles. The maximum atomic E-state index is 13.9. The second-order valence-electron chi connectivity index (χ2n) is 7.73. The van der Waals surface area contributed by atoms with Crippen LogP contribution in [0.1, 0.15) is 48.7 Å². The molecule has 2 unspecified atom stereocenters. The molecule has 1 aliphatic heterocycles.